The van der Waals surface area contributed by atoms with Crippen LogP contribution in [0, 0.1) is 5.41 Å². The zero-order chi connectivity index (χ0) is 11.4. The van der Waals surface area contributed by atoms with E-state index in [0.29, 0.717) is 6.10 Å². The van der Waals surface area contributed by atoms with Gasteiger partial charge in [0, 0.05) is 38.8 Å². The minimum Gasteiger partial charge on any atom is -0.381 e. The Morgan fingerprint density at radius 1 is 1.56 bits per heavy atom. The Hall–Kier alpha value is -0.160. The molecular formula is C12H24N2O2. The van der Waals surface area contributed by atoms with Gasteiger partial charge in [0.2, 0.25) is 0 Å². The van der Waals surface area contributed by atoms with Crippen LogP contribution in [0.5, 0.6) is 0 Å². The summed E-state index contributed by atoms with van der Waals surface area (Å²) in [7, 11) is 1.81. The zero-order valence-corrected chi connectivity index (χ0v) is 10.3. The Labute approximate surface area is 98.1 Å². The molecular weight excluding hydrogens is 204 g/mol. The first kappa shape index (κ1) is 12.3. The number of hydrogen-bond acceptors (Lipinski definition) is 4. The second-order valence-corrected chi connectivity index (χ2v) is 5.24. The number of piperidine rings is 1. The van der Waals surface area contributed by atoms with E-state index in [0.717, 1.165) is 39.3 Å². The molecule has 16 heavy (non-hydrogen) atoms. The molecule has 4 nitrogen and oxygen atoms in total. The van der Waals surface area contributed by atoms with E-state index in [4.69, 9.17) is 15.2 Å². The molecule has 0 aromatic heterocycles. The highest BCUT2D eigenvalue weighted by molar-refractivity contribution is 4.89. The number of methoxy groups -OCH3 is 1. The third kappa shape index (κ3) is 2.74. The molecule has 2 fully saturated rings. The lowest BCUT2D eigenvalue weighted by atomic mass is 9.86. The fourth-order valence-electron chi connectivity index (χ4n) is 2.82. The number of nitrogens with zero attached hydrogens (tertiary/aromatic N) is 1. The lowest BCUT2D eigenvalue weighted by Gasteiger charge is -2.37. The van der Waals surface area contributed by atoms with Crippen LogP contribution in [-0.2, 0) is 9.47 Å². The number of rotatable bonds is 4. The zero-order valence-electron chi connectivity index (χ0n) is 10.3. The maximum absolute atomic E-state index is 5.92. The number of nitrogens with two attached hydrogens (primary N) is 1. The van der Waals surface area contributed by atoms with Crippen LogP contribution in [0.1, 0.15) is 19.3 Å². The standard InChI is InChI=1S/C12H24N2O2/c1-15-11-3-2-5-14(7-11)9-12(8-13)4-6-16-10-12/h11H,2-10,13H2,1H3. The van der Waals surface area contributed by atoms with Crippen molar-refractivity contribution in [3.8, 4) is 0 Å². The minimum atomic E-state index is 0.204. The van der Waals surface area contributed by atoms with E-state index < -0.39 is 0 Å². The Kier molecular flexibility index (Phi) is 4.19. The van der Waals surface area contributed by atoms with Crippen molar-refractivity contribution < 1.29 is 9.47 Å². The van der Waals surface area contributed by atoms with Gasteiger partial charge in [-0.3, -0.25) is 0 Å². The molecule has 0 spiro atoms. The second-order valence-electron chi connectivity index (χ2n) is 5.24. The van der Waals surface area contributed by atoms with Gasteiger partial charge in [0.25, 0.3) is 0 Å². The van der Waals surface area contributed by atoms with Gasteiger partial charge in [0.1, 0.15) is 0 Å². The molecule has 0 saturated carbocycles. The highest BCUT2D eigenvalue weighted by Gasteiger charge is 2.36. The summed E-state index contributed by atoms with van der Waals surface area (Å²) in [4.78, 5) is 2.50. The van der Waals surface area contributed by atoms with E-state index in [1.165, 1.54) is 19.4 Å². The molecule has 0 radical (unpaired) electrons. The summed E-state index contributed by atoms with van der Waals surface area (Å²) in [6, 6.07) is 0. The van der Waals surface area contributed by atoms with Crippen molar-refractivity contribution in [3.63, 3.8) is 0 Å². The van der Waals surface area contributed by atoms with Crippen molar-refractivity contribution >= 4 is 0 Å². The SMILES string of the molecule is COC1CCCN(CC2(CN)CCOC2)C1. The van der Waals surface area contributed by atoms with Crippen LogP contribution in [0.3, 0.4) is 0 Å². The van der Waals surface area contributed by atoms with Crippen molar-refractivity contribution in [1.82, 2.24) is 4.90 Å². The normalized spacial score (nSPS) is 36.8. The van der Waals surface area contributed by atoms with Gasteiger partial charge in [-0.15, -0.1) is 0 Å². The molecule has 0 aromatic rings. The molecule has 2 aliphatic heterocycles. The highest BCUT2D eigenvalue weighted by Crippen LogP contribution is 2.29. The fraction of sp³-hybridized carbons (Fsp3) is 1.00. The summed E-state index contributed by atoms with van der Waals surface area (Å²) < 4.78 is 11.0. The van der Waals surface area contributed by atoms with Crippen LogP contribution in [-0.4, -0.2) is 57.5 Å². The maximum atomic E-state index is 5.92. The summed E-state index contributed by atoms with van der Waals surface area (Å²) in [6.45, 7) is 5.75. The summed E-state index contributed by atoms with van der Waals surface area (Å²) in [5, 5.41) is 0. The first-order valence-corrected chi connectivity index (χ1v) is 6.31. The smallest absolute Gasteiger partial charge is 0.0698 e. The summed E-state index contributed by atoms with van der Waals surface area (Å²) in [5.41, 5.74) is 6.12. The highest BCUT2D eigenvalue weighted by atomic mass is 16.5. The van der Waals surface area contributed by atoms with Crippen LogP contribution < -0.4 is 5.73 Å². The van der Waals surface area contributed by atoms with Crippen LogP contribution in [0.15, 0.2) is 0 Å². The van der Waals surface area contributed by atoms with Crippen LogP contribution in [0.25, 0.3) is 0 Å². The van der Waals surface area contributed by atoms with Crippen molar-refractivity contribution in [3.05, 3.63) is 0 Å². The lowest BCUT2D eigenvalue weighted by molar-refractivity contribution is 0.0129. The van der Waals surface area contributed by atoms with Crippen molar-refractivity contribution in [2.45, 2.75) is 25.4 Å². The molecule has 0 aromatic carbocycles. The number of likely N-dealkylation sites (tertiary alicyclic amines) is 1. The first-order valence-electron chi connectivity index (χ1n) is 6.31. The molecule has 4 heteroatoms. The Morgan fingerprint density at radius 2 is 2.44 bits per heavy atom. The van der Waals surface area contributed by atoms with Crippen LogP contribution in [0.4, 0.5) is 0 Å². The Morgan fingerprint density at radius 3 is 3.06 bits per heavy atom. The molecule has 2 unspecified atom stereocenters. The van der Waals surface area contributed by atoms with E-state index in [-0.39, 0.29) is 5.41 Å². The third-order valence-corrected chi connectivity index (χ3v) is 3.97. The lowest BCUT2D eigenvalue weighted by Crippen LogP contribution is -2.48. The largest absolute Gasteiger partial charge is 0.381 e. The van der Waals surface area contributed by atoms with Crippen LogP contribution in [0.2, 0.25) is 0 Å². The number of ether oxygens (including phenoxy) is 2. The molecule has 0 bridgehead atoms. The molecule has 2 heterocycles. The molecule has 2 aliphatic rings. The Bertz CT molecular complexity index is 217. The predicted octanol–water partition coefficient (Wildman–Crippen LogP) is 0.463. The second kappa shape index (κ2) is 5.45. The van der Waals surface area contributed by atoms with Crippen LogP contribution >= 0.6 is 0 Å². The summed E-state index contributed by atoms with van der Waals surface area (Å²) in [5.74, 6) is 0. The van der Waals surface area contributed by atoms with E-state index >= 15 is 0 Å². The van der Waals surface area contributed by atoms with Gasteiger partial charge in [-0.05, 0) is 25.8 Å². The van der Waals surface area contributed by atoms with Crippen molar-refractivity contribution in [1.29, 1.82) is 0 Å². The minimum absolute atomic E-state index is 0.204. The average molecular weight is 228 g/mol. The van der Waals surface area contributed by atoms with Crippen molar-refractivity contribution in [2.75, 3.05) is 46.5 Å². The summed E-state index contributed by atoms with van der Waals surface area (Å²) in [6.07, 6.45) is 3.95. The molecule has 2 rings (SSSR count). The van der Waals surface area contributed by atoms with Gasteiger partial charge < -0.3 is 20.1 Å². The summed E-state index contributed by atoms with van der Waals surface area (Å²) >= 11 is 0. The quantitative estimate of drug-likeness (QED) is 0.759. The molecule has 94 valence electrons. The fourth-order valence-corrected chi connectivity index (χ4v) is 2.82. The van der Waals surface area contributed by atoms with E-state index in [9.17, 15) is 0 Å². The molecule has 2 atom stereocenters. The first-order chi connectivity index (χ1) is 7.78. The van der Waals surface area contributed by atoms with Gasteiger partial charge in [-0.25, -0.2) is 0 Å². The molecule has 2 saturated heterocycles. The molecule has 0 amide bonds. The topological polar surface area (TPSA) is 47.7 Å². The Balaban J connectivity index is 1.87. The molecule has 2 N–H and O–H groups in total. The van der Waals surface area contributed by atoms with Gasteiger partial charge in [0.15, 0.2) is 0 Å². The van der Waals surface area contributed by atoms with Gasteiger partial charge in [-0.1, -0.05) is 0 Å². The maximum Gasteiger partial charge on any atom is 0.0698 e. The number of hydrogen-bond donors (Lipinski definition) is 1. The third-order valence-electron chi connectivity index (χ3n) is 3.97. The van der Waals surface area contributed by atoms with E-state index in [1.807, 2.05) is 7.11 Å². The monoisotopic (exact) mass is 228 g/mol. The van der Waals surface area contributed by atoms with Gasteiger partial charge in [0.05, 0.1) is 12.7 Å². The van der Waals surface area contributed by atoms with E-state index in [1.54, 1.807) is 0 Å². The van der Waals surface area contributed by atoms with Gasteiger partial charge in [-0.2, -0.15) is 0 Å². The molecule has 0 aliphatic carbocycles. The van der Waals surface area contributed by atoms with Crippen molar-refractivity contribution in [2.24, 2.45) is 11.1 Å². The van der Waals surface area contributed by atoms with Gasteiger partial charge >= 0.3 is 0 Å². The van der Waals surface area contributed by atoms with E-state index in [2.05, 4.69) is 4.90 Å². The predicted molar refractivity (Wildman–Crippen MR) is 63.4 cm³/mol. The average Bonchev–Trinajstić information content (AvgIpc) is 2.78.